The number of amides is 1. The molecule has 0 bridgehead atoms. The lowest BCUT2D eigenvalue weighted by molar-refractivity contribution is 0.210. The minimum Gasteiger partial charge on any atom is -0.497 e. The SMILES string of the molecule is COc1ccc(-c2ccsc2)c(NC(=O)O)c1. The molecule has 5 heteroatoms. The molecule has 2 rings (SSSR count). The molecular weight excluding hydrogens is 238 g/mol. The van der Waals surface area contributed by atoms with Crippen molar-refractivity contribution in [3.8, 4) is 16.9 Å². The third-order valence-electron chi connectivity index (χ3n) is 2.30. The van der Waals surface area contributed by atoms with Gasteiger partial charge in [-0.05, 0) is 34.5 Å². The second-order valence-corrected chi connectivity index (χ2v) is 4.13. The molecule has 17 heavy (non-hydrogen) atoms. The van der Waals surface area contributed by atoms with Gasteiger partial charge in [-0.25, -0.2) is 4.79 Å². The van der Waals surface area contributed by atoms with Crippen LogP contribution in [0.25, 0.3) is 11.1 Å². The van der Waals surface area contributed by atoms with Gasteiger partial charge < -0.3 is 9.84 Å². The van der Waals surface area contributed by atoms with Gasteiger partial charge in [0.25, 0.3) is 0 Å². The van der Waals surface area contributed by atoms with E-state index in [1.54, 1.807) is 30.6 Å². The van der Waals surface area contributed by atoms with Gasteiger partial charge in [0.2, 0.25) is 0 Å². The highest BCUT2D eigenvalue weighted by Crippen LogP contribution is 2.32. The summed E-state index contributed by atoms with van der Waals surface area (Å²) in [5.41, 5.74) is 2.35. The van der Waals surface area contributed by atoms with E-state index >= 15 is 0 Å². The smallest absolute Gasteiger partial charge is 0.409 e. The second kappa shape index (κ2) is 4.88. The fourth-order valence-electron chi connectivity index (χ4n) is 1.54. The molecule has 0 aliphatic carbocycles. The van der Waals surface area contributed by atoms with Gasteiger partial charge in [0.15, 0.2) is 0 Å². The third-order valence-corrected chi connectivity index (χ3v) is 2.98. The van der Waals surface area contributed by atoms with Gasteiger partial charge in [-0.3, -0.25) is 5.32 Å². The molecule has 0 atom stereocenters. The first-order chi connectivity index (χ1) is 8.20. The lowest BCUT2D eigenvalue weighted by atomic mass is 10.1. The summed E-state index contributed by atoms with van der Waals surface area (Å²) in [5, 5.41) is 15.1. The Kier molecular flexibility index (Phi) is 3.30. The molecule has 1 heterocycles. The summed E-state index contributed by atoms with van der Waals surface area (Å²) in [5.74, 6) is 0.618. The average Bonchev–Trinajstić information content (AvgIpc) is 2.81. The van der Waals surface area contributed by atoms with Crippen molar-refractivity contribution in [2.75, 3.05) is 12.4 Å². The molecule has 2 aromatic rings. The Morgan fingerprint density at radius 2 is 2.24 bits per heavy atom. The number of nitrogens with one attached hydrogen (secondary N) is 1. The summed E-state index contributed by atoms with van der Waals surface area (Å²) < 4.78 is 5.08. The van der Waals surface area contributed by atoms with E-state index in [2.05, 4.69) is 5.32 Å². The third kappa shape index (κ3) is 2.57. The van der Waals surface area contributed by atoms with E-state index in [1.807, 2.05) is 22.9 Å². The number of carbonyl (C=O) groups is 1. The number of carboxylic acid groups (broad SMARTS) is 1. The average molecular weight is 249 g/mol. The molecule has 88 valence electrons. The largest absolute Gasteiger partial charge is 0.497 e. The zero-order valence-corrected chi connectivity index (χ0v) is 9.95. The van der Waals surface area contributed by atoms with E-state index < -0.39 is 6.09 Å². The van der Waals surface area contributed by atoms with Crippen LogP contribution in [-0.2, 0) is 0 Å². The number of ether oxygens (including phenoxy) is 1. The Balaban J connectivity index is 2.47. The van der Waals surface area contributed by atoms with Crippen LogP contribution >= 0.6 is 11.3 Å². The van der Waals surface area contributed by atoms with Crippen molar-refractivity contribution in [3.63, 3.8) is 0 Å². The maximum absolute atomic E-state index is 10.7. The van der Waals surface area contributed by atoms with Crippen LogP contribution < -0.4 is 10.1 Å². The molecule has 0 spiro atoms. The van der Waals surface area contributed by atoms with Gasteiger partial charge in [0, 0.05) is 11.6 Å². The fourth-order valence-corrected chi connectivity index (χ4v) is 2.19. The molecular formula is C12H11NO3S. The van der Waals surface area contributed by atoms with Crippen molar-refractivity contribution in [1.82, 2.24) is 0 Å². The van der Waals surface area contributed by atoms with Crippen molar-refractivity contribution >= 4 is 23.1 Å². The van der Waals surface area contributed by atoms with Gasteiger partial charge in [-0.1, -0.05) is 0 Å². The number of methoxy groups -OCH3 is 1. The summed E-state index contributed by atoms with van der Waals surface area (Å²) in [6, 6.07) is 7.26. The first-order valence-electron chi connectivity index (χ1n) is 4.91. The molecule has 0 saturated heterocycles. The van der Waals surface area contributed by atoms with Crippen LogP contribution in [0.2, 0.25) is 0 Å². The van der Waals surface area contributed by atoms with E-state index in [4.69, 9.17) is 9.84 Å². The molecule has 4 nitrogen and oxygen atoms in total. The topological polar surface area (TPSA) is 58.6 Å². The zero-order valence-electron chi connectivity index (χ0n) is 9.14. The molecule has 0 fully saturated rings. The maximum Gasteiger partial charge on any atom is 0.409 e. The Bertz CT molecular complexity index is 523. The van der Waals surface area contributed by atoms with Crippen LogP contribution in [-0.4, -0.2) is 18.3 Å². The normalized spacial score (nSPS) is 9.94. The Labute approximate surface area is 102 Å². The standard InChI is InChI=1S/C12H11NO3S/c1-16-9-2-3-10(8-4-5-17-7-8)11(6-9)13-12(14)15/h2-7,13H,1H3,(H,14,15). The van der Waals surface area contributed by atoms with Crippen LogP contribution in [0.3, 0.4) is 0 Å². The predicted octanol–water partition coefficient (Wildman–Crippen LogP) is 3.51. The minimum atomic E-state index is -1.09. The molecule has 1 aromatic carbocycles. The highest BCUT2D eigenvalue weighted by atomic mass is 32.1. The van der Waals surface area contributed by atoms with Crippen LogP contribution in [0, 0.1) is 0 Å². The quantitative estimate of drug-likeness (QED) is 0.875. The lowest BCUT2D eigenvalue weighted by Crippen LogP contribution is -2.08. The summed E-state index contributed by atoms with van der Waals surface area (Å²) in [7, 11) is 1.55. The summed E-state index contributed by atoms with van der Waals surface area (Å²) in [6.07, 6.45) is -1.09. The van der Waals surface area contributed by atoms with E-state index in [-0.39, 0.29) is 0 Å². The Morgan fingerprint density at radius 3 is 2.82 bits per heavy atom. The summed E-state index contributed by atoms with van der Waals surface area (Å²) in [6.45, 7) is 0. The number of rotatable bonds is 3. The monoisotopic (exact) mass is 249 g/mol. The van der Waals surface area contributed by atoms with Crippen LogP contribution in [0.4, 0.5) is 10.5 Å². The number of hydrogen-bond acceptors (Lipinski definition) is 3. The van der Waals surface area contributed by atoms with Crippen molar-refractivity contribution < 1.29 is 14.6 Å². The van der Waals surface area contributed by atoms with Gasteiger partial charge in [0.1, 0.15) is 5.75 Å². The Hall–Kier alpha value is -2.01. The van der Waals surface area contributed by atoms with E-state index in [0.717, 1.165) is 11.1 Å². The Morgan fingerprint density at radius 1 is 1.41 bits per heavy atom. The highest BCUT2D eigenvalue weighted by molar-refractivity contribution is 7.08. The molecule has 2 N–H and O–H groups in total. The number of anilines is 1. The van der Waals surface area contributed by atoms with Crippen LogP contribution in [0.5, 0.6) is 5.75 Å². The van der Waals surface area contributed by atoms with Gasteiger partial charge in [-0.2, -0.15) is 11.3 Å². The zero-order chi connectivity index (χ0) is 12.3. The molecule has 0 aliphatic rings. The first kappa shape index (κ1) is 11.5. The van der Waals surface area contributed by atoms with Crippen LogP contribution in [0.15, 0.2) is 35.0 Å². The number of thiophene rings is 1. The number of benzene rings is 1. The summed E-state index contributed by atoms with van der Waals surface area (Å²) in [4.78, 5) is 10.7. The number of hydrogen-bond donors (Lipinski definition) is 2. The van der Waals surface area contributed by atoms with E-state index in [0.29, 0.717) is 11.4 Å². The van der Waals surface area contributed by atoms with Gasteiger partial charge in [-0.15, -0.1) is 0 Å². The molecule has 0 aliphatic heterocycles. The molecule has 0 saturated carbocycles. The second-order valence-electron chi connectivity index (χ2n) is 3.35. The van der Waals surface area contributed by atoms with E-state index in [9.17, 15) is 4.79 Å². The fraction of sp³-hybridized carbons (Fsp3) is 0.0833. The van der Waals surface area contributed by atoms with Crippen molar-refractivity contribution in [2.45, 2.75) is 0 Å². The van der Waals surface area contributed by atoms with Crippen LogP contribution in [0.1, 0.15) is 0 Å². The summed E-state index contributed by atoms with van der Waals surface area (Å²) >= 11 is 1.57. The molecule has 1 amide bonds. The van der Waals surface area contributed by atoms with Crippen molar-refractivity contribution in [3.05, 3.63) is 35.0 Å². The molecule has 0 radical (unpaired) electrons. The first-order valence-corrected chi connectivity index (χ1v) is 5.85. The van der Waals surface area contributed by atoms with E-state index in [1.165, 1.54) is 0 Å². The highest BCUT2D eigenvalue weighted by Gasteiger charge is 2.09. The lowest BCUT2D eigenvalue weighted by Gasteiger charge is -2.10. The molecule has 0 unspecified atom stereocenters. The maximum atomic E-state index is 10.7. The minimum absolute atomic E-state index is 0.523. The predicted molar refractivity (Wildman–Crippen MR) is 68.0 cm³/mol. The molecule has 1 aromatic heterocycles. The van der Waals surface area contributed by atoms with Crippen molar-refractivity contribution in [2.24, 2.45) is 0 Å². The van der Waals surface area contributed by atoms with Gasteiger partial charge in [0.05, 0.1) is 12.8 Å². The van der Waals surface area contributed by atoms with Crippen molar-refractivity contribution in [1.29, 1.82) is 0 Å². The van der Waals surface area contributed by atoms with Gasteiger partial charge >= 0.3 is 6.09 Å².